The van der Waals surface area contributed by atoms with Crippen LogP contribution in [0, 0.1) is 0 Å². The monoisotopic (exact) mass is 282 g/mol. The molecule has 1 aromatic carbocycles. The smallest absolute Gasteiger partial charge is 0.180 e. The Morgan fingerprint density at radius 3 is 2.87 bits per heavy atom. The van der Waals surface area contributed by atoms with E-state index < -0.39 is 0 Å². The lowest BCUT2D eigenvalue weighted by Crippen LogP contribution is -2.01. The molecule has 3 rings (SSSR count). The van der Waals surface area contributed by atoms with Gasteiger partial charge in [0, 0.05) is 10.4 Å². The highest BCUT2D eigenvalue weighted by molar-refractivity contribution is 8.93. The lowest BCUT2D eigenvalue weighted by atomic mass is 9.94. The molecular formula is C11H11BrN2S. The van der Waals surface area contributed by atoms with Gasteiger partial charge in [-0.05, 0) is 18.4 Å². The van der Waals surface area contributed by atoms with Crippen molar-refractivity contribution in [3.63, 3.8) is 0 Å². The maximum atomic E-state index is 5.72. The molecule has 0 amide bonds. The quantitative estimate of drug-likeness (QED) is 0.807. The van der Waals surface area contributed by atoms with Crippen LogP contribution in [0.25, 0.3) is 11.3 Å². The van der Waals surface area contributed by atoms with Gasteiger partial charge in [0.05, 0.1) is 5.69 Å². The number of nitrogens with zero attached hydrogens (tertiary/aromatic N) is 1. The molecule has 2 nitrogen and oxygen atoms in total. The lowest BCUT2D eigenvalue weighted by Gasteiger charge is -2.13. The second kappa shape index (κ2) is 3.94. The van der Waals surface area contributed by atoms with Gasteiger partial charge >= 0.3 is 0 Å². The summed E-state index contributed by atoms with van der Waals surface area (Å²) in [6.07, 6.45) is 2.20. The summed E-state index contributed by atoms with van der Waals surface area (Å²) in [6, 6.07) is 8.45. The molecule has 2 N–H and O–H groups in total. The summed E-state index contributed by atoms with van der Waals surface area (Å²) < 4.78 is 0. The Morgan fingerprint density at radius 1 is 1.20 bits per heavy atom. The van der Waals surface area contributed by atoms with Crippen LogP contribution >= 0.6 is 28.3 Å². The van der Waals surface area contributed by atoms with Crippen LogP contribution < -0.4 is 5.73 Å². The summed E-state index contributed by atoms with van der Waals surface area (Å²) >= 11 is 1.62. The summed E-state index contributed by atoms with van der Waals surface area (Å²) in [5, 5.41) is 0.687. The third-order valence-electron chi connectivity index (χ3n) is 2.61. The normalized spacial score (nSPS) is 12.5. The first-order valence-corrected chi connectivity index (χ1v) is 5.50. The molecule has 1 aliphatic carbocycles. The number of aryl methyl sites for hydroxylation is 2. The number of hydrogen-bond donors (Lipinski definition) is 1. The average Bonchev–Trinajstić information content (AvgIpc) is 2.59. The number of hydrogen-bond acceptors (Lipinski definition) is 3. The molecule has 0 bridgehead atoms. The van der Waals surface area contributed by atoms with Gasteiger partial charge in [0.15, 0.2) is 5.13 Å². The van der Waals surface area contributed by atoms with E-state index in [-0.39, 0.29) is 17.0 Å². The van der Waals surface area contributed by atoms with E-state index in [1.54, 1.807) is 11.3 Å². The van der Waals surface area contributed by atoms with Gasteiger partial charge in [-0.3, -0.25) is 0 Å². The van der Waals surface area contributed by atoms with E-state index in [1.807, 2.05) is 0 Å². The number of thiazole rings is 1. The number of anilines is 1. The van der Waals surface area contributed by atoms with Crippen molar-refractivity contribution in [2.75, 3.05) is 5.73 Å². The third-order valence-corrected chi connectivity index (χ3v) is 3.55. The fourth-order valence-electron chi connectivity index (χ4n) is 1.97. The Balaban J connectivity index is 0.000000853. The van der Waals surface area contributed by atoms with Gasteiger partial charge < -0.3 is 5.73 Å². The Morgan fingerprint density at radius 2 is 2.00 bits per heavy atom. The van der Waals surface area contributed by atoms with Gasteiger partial charge in [0.1, 0.15) is 0 Å². The highest BCUT2D eigenvalue weighted by Gasteiger charge is 2.19. The second-order valence-electron chi connectivity index (χ2n) is 3.48. The molecule has 0 aliphatic heterocycles. The number of fused-ring (bicyclic) bond motifs is 3. The first-order valence-electron chi connectivity index (χ1n) is 4.68. The maximum absolute atomic E-state index is 5.72. The van der Waals surface area contributed by atoms with E-state index in [4.69, 9.17) is 5.73 Å². The van der Waals surface area contributed by atoms with Crippen LogP contribution in [-0.2, 0) is 12.8 Å². The third kappa shape index (κ3) is 1.68. The fraction of sp³-hybridized carbons (Fsp3) is 0.182. The predicted molar refractivity (Wildman–Crippen MR) is 69.7 cm³/mol. The number of rotatable bonds is 0. The van der Waals surface area contributed by atoms with Crippen LogP contribution in [0.3, 0.4) is 0 Å². The maximum Gasteiger partial charge on any atom is 0.180 e. The van der Waals surface area contributed by atoms with Gasteiger partial charge in [-0.15, -0.1) is 28.3 Å². The topological polar surface area (TPSA) is 38.9 Å². The minimum Gasteiger partial charge on any atom is -0.375 e. The van der Waals surface area contributed by atoms with Crippen LogP contribution in [-0.4, -0.2) is 4.98 Å². The van der Waals surface area contributed by atoms with Gasteiger partial charge in [-0.25, -0.2) is 4.98 Å². The van der Waals surface area contributed by atoms with Crippen LogP contribution in [0.2, 0.25) is 0 Å². The van der Waals surface area contributed by atoms with Crippen molar-refractivity contribution in [1.82, 2.24) is 4.98 Å². The Labute approximate surface area is 103 Å². The van der Waals surface area contributed by atoms with E-state index in [0.717, 1.165) is 18.5 Å². The van der Waals surface area contributed by atoms with Gasteiger partial charge in [0.25, 0.3) is 0 Å². The molecule has 2 aromatic rings. The number of halogens is 1. The zero-order valence-corrected chi connectivity index (χ0v) is 10.6. The summed E-state index contributed by atoms with van der Waals surface area (Å²) in [5.41, 5.74) is 9.49. The second-order valence-corrected chi connectivity index (χ2v) is 4.60. The molecule has 1 aromatic heterocycles. The zero-order chi connectivity index (χ0) is 9.54. The minimum atomic E-state index is 0. The van der Waals surface area contributed by atoms with E-state index >= 15 is 0 Å². The van der Waals surface area contributed by atoms with Gasteiger partial charge in [-0.1, -0.05) is 24.3 Å². The van der Waals surface area contributed by atoms with Crippen molar-refractivity contribution < 1.29 is 0 Å². The van der Waals surface area contributed by atoms with Gasteiger partial charge in [-0.2, -0.15) is 0 Å². The summed E-state index contributed by atoms with van der Waals surface area (Å²) in [4.78, 5) is 5.72. The Bertz CT molecular complexity index is 493. The minimum absolute atomic E-state index is 0. The molecule has 0 atom stereocenters. The van der Waals surface area contributed by atoms with Crippen molar-refractivity contribution in [3.8, 4) is 11.3 Å². The summed E-state index contributed by atoms with van der Waals surface area (Å²) in [7, 11) is 0. The largest absolute Gasteiger partial charge is 0.375 e. The molecule has 0 radical (unpaired) electrons. The van der Waals surface area contributed by atoms with E-state index in [2.05, 4.69) is 29.2 Å². The van der Waals surface area contributed by atoms with E-state index in [9.17, 15) is 0 Å². The van der Waals surface area contributed by atoms with Crippen molar-refractivity contribution in [2.24, 2.45) is 0 Å². The predicted octanol–water partition coefficient (Wildman–Crippen LogP) is 3.07. The number of benzene rings is 1. The molecule has 4 heteroatoms. The molecule has 0 saturated carbocycles. The standard InChI is InChI=1S/C11H10N2S.BrH/c12-11-13-10-8-4-2-1-3-7(8)5-6-9(10)14-11;/h1-4H,5-6H2,(H2,12,13);1H. The first kappa shape index (κ1) is 10.6. The zero-order valence-electron chi connectivity index (χ0n) is 8.06. The molecule has 1 heterocycles. The molecule has 78 valence electrons. The average molecular weight is 283 g/mol. The van der Waals surface area contributed by atoms with Crippen LogP contribution in [0.1, 0.15) is 10.4 Å². The highest BCUT2D eigenvalue weighted by Crippen LogP contribution is 2.36. The molecular weight excluding hydrogens is 272 g/mol. The highest BCUT2D eigenvalue weighted by atomic mass is 79.9. The van der Waals surface area contributed by atoms with Gasteiger partial charge in [0.2, 0.25) is 0 Å². The first-order chi connectivity index (χ1) is 6.84. The van der Waals surface area contributed by atoms with Crippen molar-refractivity contribution in [2.45, 2.75) is 12.8 Å². The molecule has 0 spiro atoms. The van der Waals surface area contributed by atoms with Crippen LogP contribution in [0.5, 0.6) is 0 Å². The summed E-state index contributed by atoms with van der Waals surface area (Å²) in [6.45, 7) is 0. The number of aromatic nitrogens is 1. The van der Waals surface area contributed by atoms with E-state index in [1.165, 1.54) is 16.0 Å². The van der Waals surface area contributed by atoms with Crippen molar-refractivity contribution in [1.29, 1.82) is 0 Å². The molecule has 0 unspecified atom stereocenters. The summed E-state index contributed by atoms with van der Waals surface area (Å²) in [5.74, 6) is 0. The van der Waals surface area contributed by atoms with Crippen LogP contribution in [0.15, 0.2) is 24.3 Å². The number of nitrogens with two attached hydrogens (primary N) is 1. The Kier molecular flexibility index (Phi) is 2.80. The van der Waals surface area contributed by atoms with Crippen LogP contribution in [0.4, 0.5) is 5.13 Å². The Hall–Kier alpha value is -0.870. The number of nitrogen functional groups attached to an aromatic ring is 1. The van der Waals surface area contributed by atoms with E-state index in [0.29, 0.717) is 5.13 Å². The molecule has 0 fully saturated rings. The SMILES string of the molecule is Br.Nc1nc2c(s1)CCc1ccccc1-2. The molecule has 0 saturated heterocycles. The fourth-order valence-corrected chi connectivity index (χ4v) is 2.81. The molecule has 1 aliphatic rings. The lowest BCUT2D eigenvalue weighted by molar-refractivity contribution is 0.955. The molecule has 15 heavy (non-hydrogen) atoms. The van der Waals surface area contributed by atoms with Crippen molar-refractivity contribution >= 4 is 33.4 Å². The van der Waals surface area contributed by atoms with Crippen molar-refractivity contribution in [3.05, 3.63) is 34.7 Å².